The summed E-state index contributed by atoms with van der Waals surface area (Å²) in [6.07, 6.45) is 5.46. The molecule has 0 saturated heterocycles. The van der Waals surface area contributed by atoms with E-state index in [9.17, 15) is 4.79 Å². The molecule has 1 aliphatic rings. The summed E-state index contributed by atoms with van der Waals surface area (Å²) >= 11 is 0. The standard InChI is InChI=1S/C16H24N2O/c1-16(2,15(18)19)10-14(17)13-8-7-11-5-3-4-6-12(11)9-13/h7-9,14H,3-6,10,17H2,1-2H3,(H2,18,19). The highest BCUT2D eigenvalue weighted by Crippen LogP contribution is 2.30. The molecule has 0 saturated carbocycles. The molecule has 1 atom stereocenters. The molecule has 0 aromatic heterocycles. The molecule has 0 bridgehead atoms. The molecule has 1 aliphatic carbocycles. The monoisotopic (exact) mass is 260 g/mol. The lowest BCUT2D eigenvalue weighted by molar-refractivity contribution is -0.126. The molecular weight excluding hydrogens is 236 g/mol. The Bertz CT molecular complexity index is 480. The van der Waals surface area contributed by atoms with E-state index < -0.39 is 5.41 Å². The summed E-state index contributed by atoms with van der Waals surface area (Å²) in [5.74, 6) is -0.291. The van der Waals surface area contributed by atoms with Crippen LogP contribution in [0.2, 0.25) is 0 Å². The van der Waals surface area contributed by atoms with Crippen LogP contribution < -0.4 is 11.5 Å². The second-order valence-corrected chi connectivity index (χ2v) is 6.29. The molecule has 3 heteroatoms. The Kier molecular flexibility index (Phi) is 3.95. The third kappa shape index (κ3) is 3.16. The molecule has 0 radical (unpaired) electrons. The van der Waals surface area contributed by atoms with Gasteiger partial charge in [-0.25, -0.2) is 0 Å². The second kappa shape index (κ2) is 5.33. The first-order chi connectivity index (χ1) is 8.90. The van der Waals surface area contributed by atoms with Crippen LogP contribution in [0.1, 0.15) is 55.8 Å². The molecule has 1 aromatic rings. The van der Waals surface area contributed by atoms with E-state index in [0.29, 0.717) is 6.42 Å². The van der Waals surface area contributed by atoms with Crippen molar-refractivity contribution in [3.8, 4) is 0 Å². The number of carbonyl (C=O) groups excluding carboxylic acids is 1. The number of rotatable bonds is 4. The van der Waals surface area contributed by atoms with E-state index in [1.165, 1.54) is 30.4 Å². The van der Waals surface area contributed by atoms with Gasteiger partial charge in [-0.3, -0.25) is 4.79 Å². The first-order valence-electron chi connectivity index (χ1n) is 7.07. The normalized spacial score (nSPS) is 16.8. The highest BCUT2D eigenvalue weighted by molar-refractivity contribution is 5.79. The van der Waals surface area contributed by atoms with Gasteiger partial charge < -0.3 is 11.5 Å². The Balaban J connectivity index is 2.15. The van der Waals surface area contributed by atoms with Gasteiger partial charge in [-0.2, -0.15) is 0 Å². The van der Waals surface area contributed by atoms with Crippen molar-refractivity contribution < 1.29 is 4.79 Å². The molecule has 0 spiro atoms. The number of fused-ring (bicyclic) bond motifs is 1. The average molecular weight is 260 g/mol. The summed E-state index contributed by atoms with van der Waals surface area (Å²) < 4.78 is 0. The van der Waals surface area contributed by atoms with Crippen LogP contribution in [0.5, 0.6) is 0 Å². The minimum absolute atomic E-state index is 0.130. The minimum Gasteiger partial charge on any atom is -0.369 e. The summed E-state index contributed by atoms with van der Waals surface area (Å²) in [4.78, 5) is 11.4. The summed E-state index contributed by atoms with van der Waals surface area (Å²) in [5, 5.41) is 0. The second-order valence-electron chi connectivity index (χ2n) is 6.29. The van der Waals surface area contributed by atoms with E-state index >= 15 is 0 Å². The van der Waals surface area contributed by atoms with Gasteiger partial charge in [-0.15, -0.1) is 0 Å². The van der Waals surface area contributed by atoms with Crippen LogP contribution in [0.3, 0.4) is 0 Å². The SMILES string of the molecule is CC(C)(CC(N)c1ccc2c(c1)CCCC2)C(N)=O. The summed E-state index contributed by atoms with van der Waals surface area (Å²) in [6.45, 7) is 3.71. The van der Waals surface area contributed by atoms with Crippen molar-refractivity contribution in [3.63, 3.8) is 0 Å². The van der Waals surface area contributed by atoms with Crippen LogP contribution >= 0.6 is 0 Å². The van der Waals surface area contributed by atoms with E-state index in [1.54, 1.807) is 0 Å². The van der Waals surface area contributed by atoms with Gasteiger partial charge in [0, 0.05) is 11.5 Å². The van der Waals surface area contributed by atoms with Crippen LogP contribution in [0.15, 0.2) is 18.2 Å². The molecule has 19 heavy (non-hydrogen) atoms. The lowest BCUT2D eigenvalue weighted by Gasteiger charge is -2.26. The fourth-order valence-electron chi connectivity index (χ4n) is 2.75. The number of hydrogen-bond acceptors (Lipinski definition) is 2. The number of benzene rings is 1. The van der Waals surface area contributed by atoms with Gasteiger partial charge in [-0.05, 0) is 48.8 Å². The maximum absolute atomic E-state index is 11.4. The van der Waals surface area contributed by atoms with Crippen LogP contribution in [0.4, 0.5) is 0 Å². The number of amides is 1. The zero-order valence-corrected chi connectivity index (χ0v) is 11.9. The highest BCUT2D eigenvalue weighted by Gasteiger charge is 2.28. The maximum Gasteiger partial charge on any atom is 0.223 e. The third-order valence-electron chi connectivity index (χ3n) is 4.20. The van der Waals surface area contributed by atoms with Crippen LogP contribution in [0, 0.1) is 5.41 Å². The molecule has 4 N–H and O–H groups in total. The van der Waals surface area contributed by atoms with Crippen molar-refractivity contribution in [1.29, 1.82) is 0 Å². The van der Waals surface area contributed by atoms with E-state index in [1.807, 2.05) is 13.8 Å². The smallest absolute Gasteiger partial charge is 0.223 e. The Morgan fingerprint density at radius 2 is 1.89 bits per heavy atom. The lowest BCUT2D eigenvalue weighted by Crippen LogP contribution is -2.34. The van der Waals surface area contributed by atoms with Gasteiger partial charge in [0.15, 0.2) is 0 Å². The van der Waals surface area contributed by atoms with Crippen molar-refractivity contribution in [1.82, 2.24) is 0 Å². The summed E-state index contributed by atoms with van der Waals surface area (Å²) in [7, 11) is 0. The minimum atomic E-state index is -0.560. The summed E-state index contributed by atoms with van der Waals surface area (Å²) in [6, 6.07) is 6.39. The van der Waals surface area contributed by atoms with Crippen LogP contribution in [-0.4, -0.2) is 5.91 Å². The Labute approximate surface area is 115 Å². The zero-order valence-electron chi connectivity index (χ0n) is 11.9. The van der Waals surface area contributed by atoms with Gasteiger partial charge in [0.25, 0.3) is 0 Å². The molecule has 0 heterocycles. The maximum atomic E-state index is 11.4. The van der Waals surface area contributed by atoms with E-state index in [2.05, 4.69) is 18.2 Å². The average Bonchev–Trinajstić information content (AvgIpc) is 2.37. The number of primary amides is 1. The van der Waals surface area contributed by atoms with Crippen LogP contribution in [-0.2, 0) is 17.6 Å². The Hall–Kier alpha value is -1.35. The molecule has 3 nitrogen and oxygen atoms in total. The fraction of sp³-hybridized carbons (Fsp3) is 0.562. The molecule has 0 fully saturated rings. The first kappa shape index (κ1) is 14.1. The lowest BCUT2D eigenvalue weighted by atomic mass is 9.82. The van der Waals surface area contributed by atoms with E-state index in [0.717, 1.165) is 12.0 Å². The van der Waals surface area contributed by atoms with Gasteiger partial charge in [0.2, 0.25) is 5.91 Å². The molecule has 0 aliphatic heterocycles. The number of carbonyl (C=O) groups is 1. The molecule has 104 valence electrons. The summed E-state index contributed by atoms with van der Waals surface area (Å²) in [5.41, 5.74) is 15.1. The van der Waals surface area contributed by atoms with E-state index in [4.69, 9.17) is 11.5 Å². The van der Waals surface area contributed by atoms with Gasteiger partial charge in [0.1, 0.15) is 0 Å². The molecule has 1 amide bonds. The van der Waals surface area contributed by atoms with Gasteiger partial charge in [0.05, 0.1) is 0 Å². The fourth-order valence-corrected chi connectivity index (χ4v) is 2.75. The predicted molar refractivity (Wildman–Crippen MR) is 77.6 cm³/mol. The van der Waals surface area contributed by atoms with Crippen molar-refractivity contribution >= 4 is 5.91 Å². The highest BCUT2D eigenvalue weighted by atomic mass is 16.1. The quantitative estimate of drug-likeness (QED) is 0.873. The van der Waals surface area contributed by atoms with Crippen molar-refractivity contribution in [2.75, 3.05) is 0 Å². The molecule has 2 rings (SSSR count). The van der Waals surface area contributed by atoms with Gasteiger partial charge in [-0.1, -0.05) is 32.0 Å². The third-order valence-corrected chi connectivity index (χ3v) is 4.20. The largest absolute Gasteiger partial charge is 0.369 e. The van der Waals surface area contributed by atoms with Gasteiger partial charge >= 0.3 is 0 Å². The Morgan fingerprint density at radius 3 is 2.53 bits per heavy atom. The number of hydrogen-bond donors (Lipinski definition) is 2. The van der Waals surface area contributed by atoms with Crippen LogP contribution in [0.25, 0.3) is 0 Å². The van der Waals surface area contributed by atoms with E-state index in [-0.39, 0.29) is 11.9 Å². The molecule has 1 aromatic carbocycles. The number of nitrogens with two attached hydrogens (primary N) is 2. The molecular formula is C16H24N2O. The van der Waals surface area contributed by atoms with Crippen molar-refractivity contribution in [3.05, 3.63) is 34.9 Å². The Morgan fingerprint density at radius 1 is 1.26 bits per heavy atom. The first-order valence-corrected chi connectivity index (χ1v) is 7.07. The topological polar surface area (TPSA) is 69.1 Å². The number of aryl methyl sites for hydroxylation is 2. The predicted octanol–water partition coefficient (Wildman–Crippen LogP) is 2.47. The molecule has 1 unspecified atom stereocenters. The van der Waals surface area contributed by atoms with Crippen molar-refractivity contribution in [2.24, 2.45) is 16.9 Å². The zero-order chi connectivity index (χ0) is 14.0. The van der Waals surface area contributed by atoms with Crippen molar-refractivity contribution in [2.45, 2.75) is 52.0 Å².